The Bertz CT molecular complexity index is 492. The van der Waals surface area contributed by atoms with Crippen molar-refractivity contribution in [3.05, 3.63) is 23.9 Å². The smallest absolute Gasteiger partial charge is 0.146 e. The number of anilines is 1. The Morgan fingerprint density at radius 2 is 2.32 bits per heavy atom. The molecule has 19 heavy (non-hydrogen) atoms. The molecule has 0 spiro atoms. The van der Waals surface area contributed by atoms with Crippen molar-refractivity contribution in [3.8, 4) is 6.07 Å². The molecule has 0 bridgehead atoms. The standard InChI is InChI=1S/C15H21N3O/c1-5-19-13-9-12(15(13,2)3)18(4)14-11(10-16)7-6-8-17-14/h6-8,12-13H,5,9H2,1-4H3. The topological polar surface area (TPSA) is 49.1 Å². The highest BCUT2D eigenvalue weighted by molar-refractivity contribution is 5.54. The Morgan fingerprint density at radius 1 is 1.58 bits per heavy atom. The zero-order chi connectivity index (χ0) is 14.0. The van der Waals surface area contributed by atoms with Crippen molar-refractivity contribution in [1.82, 2.24) is 4.98 Å². The highest BCUT2D eigenvalue weighted by atomic mass is 16.5. The first-order chi connectivity index (χ1) is 9.02. The molecule has 0 amide bonds. The Balaban J connectivity index is 2.18. The summed E-state index contributed by atoms with van der Waals surface area (Å²) in [6.45, 7) is 7.21. The molecule has 1 aliphatic rings. The van der Waals surface area contributed by atoms with Crippen LogP contribution in [0.15, 0.2) is 18.3 Å². The molecular weight excluding hydrogens is 238 g/mol. The van der Waals surface area contributed by atoms with Crippen LogP contribution in [0.25, 0.3) is 0 Å². The minimum Gasteiger partial charge on any atom is -0.378 e. The number of hydrogen-bond acceptors (Lipinski definition) is 4. The van der Waals surface area contributed by atoms with Crippen molar-refractivity contribution in [3.63, 3.8) is 0 Å². The van der Waals surface area contributed by atoms with Gasteiger partial charge in [-0.15, -0.1) is 0 Å². The molecule has 4 nitrogen and oxygen atoms in total. The number of aromatic nitrogens is 1. The van der Waals surface area contributed by atoms with Gasteiger partial charge in [0, 0.05) is 31.3 Å². The lowest BCUT2D eigenvalue weighted by Gasteiger charge is -2.55. The summed E-state index contributed by atoms with van der Waals surface area (Å²) in [4.78, 5) is 6.47. The highest BCUT2D eigenvalue weighted by Crippen LogP contribution is 2.46. The third-order valence-corrected chi connectivity index (χ3v) is 4.20. The maximum Gasteiger partial charge on any atom is 0.146 e. The molecule has 1 aromatic heterocycles. The van der Waals surface area contributed by atoms with Crippen LogP contribution >= 0.6 is 0 Å². The average Bonchev–Trinajstić information content (AvgIpc) is 2.42. The van der Waals surface area contributed by atoms with Gasteiger partial charge < -0.3 is 9.64 Å². The summed E-state index contributed by atoms with van der Waals surface area (Å²) >= 11 is 0. The van der Waals surface area contributed by atoms with Crippen LogP contribution in [0.4, 0.5) is 5.82 Å². The summed E-state index contributed by atoms with van der Waals surface area (Å²) in [5, 5.41) is 9.16. The number of hydrogen-bond donors (Lipinski definition) is 0. The van der Waals surface area contributed by atoms with E-state index in [0.717, 1.165) is 18.8 Å². The quantitative estimate of drug-likeness (QED) is 0.834. The molecule has 0 saturated heterocycles. The summed E-state index contributed by atoms with van der Waals surface area (Å²) in [6, 6.07) is 6.17. The van der Waals surface area contributed by atoms with Crippen LogP contribution in [0, 0.1) is 16.7 Å². The number of ether oxygens (including phenoxy) is 1. The molecular formula is C15H21N3O. The van der Waals surface area contributed by atoms with Gasteiger partial charge in [-0.05, 0) is 25.5 Å². The Labute approximate surface area is 115 Å². The molecule has 0 radical (unpaired) electrons. The monoisotopic (exact) mass is 259 g/mol. The molecule has 102 valence electrons. The Hall–Kier alpha value is -1.60. The van der Waals surface area contributed by atoms with Gasteiger partial charge in [-0.3, -0.25) is 0 Å². The maximum atomic E-state index is 9.16. The zero-order valence-electron chi connectivity index (χ0n) is 12.1. The molecule has 0 N–H and O–H groups in total. The van der Waals surface area contributed by atoms with E-state index in [1.54, 1.807) is 12.3 Å². The van der Waals surface area contributed by atoms with Gasteiger partial charge in [0.1, 0.15) is 11.9 Å². The van der Waals surface area contributed by atoms with Crippen LogP contribution < -0.4 is 4.90 Å². The van der Waals surface area contributed by atoms with Crippen molar-refractivity contribution in [2.45, 2.75) is 39.3 Å². The molecule has 0 aromatic carbocycles. The molecule has 0 aliphatic heterocycles. The van der Waals surface area contributed by atoms with Crippen molar-refractivity contribution >= 4 is 5.82 Å². The molecule has 1 fully saturated rings. The molecule has 4 heteroatoms. The van der Waals surface area contributed by atoms with Crippen molar-refractivity contribution in [2.24, 2.45) is 5.41 Å². The fraction of sp³-hybridized carbons (Fsp3) is 0.600. The van der Waals surface area contributed by atoms with E-state index in [1.807, 2.05) is 20.0 Å². The van der Waals surface area contributed by atoms with Crippen molar-refractivity contribution < 1.29 is 4.74 Å². The first-order valence-corrected chi connectivity index (χ1v) is 6.72. The van der Waals surface area contributed by atoms with Gasteiger partial charge in [0.25, 0.3) is 0 Å². The Morgan fingerprint density at radius 3 is 2.89 bits per heavy atom. The van der Waals surface area contributed by atoms with E-state index in [-0.39, 0.29) is 5.41 Å². The molecule has 2 rings (SSSR count). The normalized spacial score (nSPS) is 24.4. The summed E-state index contributed by atoms with van der Waals surface area (Å²) < 4.78 is 5.75. The summed E-state index contributed by atoms with van der Waals surface area (Å²) in [6.07, 6.45) is 3.01. The van der Waals surface area contributed by atoms with E-state index in [2.05, 4.69) is 29.8 Å². The number of rotatable bonds is 4. The fourth-order valence-electron chi connectivity index (χ4n) is 2.92. The van der Waals surface area contributed by atoms with E-state index in [1.165, 1.54) is 0 Å². The first kappa shape index (κ1) is 13.8. The third kappa shape index (κ3) is 2.31. The second-order valence-corrected chi connectivity index (χ2v) is 5.61. The van der Waals surface area contributed by atoms with Gasteiger partial charge in [0.15, 0.2) is 0 Å². The molecule has 1 aliphatic carbocycles. The molecule has 1 aromatic rings. The Kier molecular flexibility index (Phi) is 3.77. The van der Waals surface area contributed by atoms with Gasteiger partial charge in [0.05, 0.1) is 11.7 Å². The molecule has 2 unspecified atom stereocenters. The molecule has 1 heterocycles. The van der Waals surface area contributed by atoms with E-state index in [9.17, 15) is 0 Å². The summed E-state index contributed by atoms with van der Waals surface area (Å²) in [5.74, 6) is 0.762. The van der Waals surface area contributed by atoms with E-state index >= 15 is 0 Å². The SMILES string of the molecule is CCOC1CC(N(C)c2ncccc2C#N)C1(C)C. The second kappa shape index (κ2) is 5.18. The maximum absolute atomic E-state index is 9.16. The zero-order valence-corrected chi connectivity index (χ0v) is 12.1. The average molecular weight is 259 g/mol. The van der Waals surface area contributed by atoms with Crippen LogP contribution in [0.5, 0.6) is 0 Å². The van der Waals surface area contributed by atoms with Gasteiger partial charge >= 0.3 is 0 Å². The van der Waals surface area contributed by atoms with E-state index < -0.39 is 0 Å². The van der Waals surface area contributed by atoms with Crippen molar-refractivity contribution in [2.75, 3.05) is 18.6 Å². The van der Waals surface area contributed by atoms with Gasteiger partial charge in [0.2, 0.25) is 0 Å². The van der Waals surface area contributed by atoms with Gasteiger partial charge in [-0.1, -0.05) is 13.8 Å². The minimum absolute atomic E-state index is 0.0784. The summed E-state index contributed by atoms with van der Waals surface area (Å²) in [7, 11) is 2.01. The number of nitrogens with zero attached hydrogens (tertiary/aromatic N) is 3. The van der Waals surface area contributed by atoms with Crippen LogP contribution in [-0.4, -0.2) is 30.8 Å². The number of pyridine rings is 1. The molecule has 2 atom stereocenters. The van der Waals surface area contributed by atoms with E-state index in [0.29, 0.717) is 17.7 Å². The first-order valence-electron chi connectivity index (χ1n) is 6.72. The van der Waals surface area contributed by atoms with E-state index in [4.69, 9.17) is 10.00 Å². The minimum atomic E-state index is 0.0784. The summed E-state index contributed by atoms with van der Waals surface area (Å²) in [5.41, 5.74) is 0.704. The van der Waals surface area contributed by atoms with Gasteiger partial charge in [-0.25, -0.2) is 4.98 Å². The third-order valence-electron chi connectivity index (χ3n) is 4.20. The van der Waals surface area contributed by atoms with Crippen LogP contribution in [0.1, 0.15) is 32.8 Å². The second-order valence-electron chi connectivity index (χ2n) is 5.61. The van der Waals surface area contributed by atoms with Crippen LogP contribution in [0.3, 0.4) is 0 Å². The fourth-order valence-corrected chi connectivity index (χ4v) is 2.92. The van der Waals surface area contributed by atoms with Crippen molar-refractivity contribution in [1.29, 1.82) is 5.26 Å². The largest absolute Gasteiger partial charge is 0.378 e. The van der Waals surface area contributed by atoms with Gasteiger partial charge in [-0.2, -0.15) is 5.26 Å². The van der Waals surface area contributed by atoms with Crippen LogP contribution in [-0.2, 0) is 4.74 Å². The lowest BCUT2D eigenvalue weighted by molar-refractivity contribution is -0.104. The predicted octanol–water partition coefficient (Wildman–Crippen LogP) is 2.59. The highest BCUT2D eigenvalue weighted by Gasteiger charge is 2.51. The predicted molar refractivity (Wildman–Crippen MR) is 75.0 cm³/mol. The number of nitriles is 1. The lowest BCUT2D eigenvalue weighted by atomic mass is 9.64. The van der Waals surface area contributed by atoms with Crippen LogP contribution in [0.2, 0.25) is 0 Å². The lowest BCUT2D eigenvalue weighted by Crippen LogP contribution is -2.61. The molecule has 1 saturated carbocycles.